The molecule has 1 rings (SSSR count). The minimum absolute atomic E-state index is 0.287. The Bertz CT molecular complexity index is 571. The lowest BCUT2D eigenvalue weighted by atomic mass is 10.2. The van der Waals surface area contributed by atoms with Crippen LogP contribution in [0.3, 0.4) is 0 Å². The third kappa shape index (κ3) is 5.67. The molecule has 0 saturated heterocycles. The summed E-state index contributed by atoms with van der Waals surface area (Å²) >= 11 is 1.39. The van der Waals surface area contributed by atoms with Gasteiger partial charge in [0.05, 0.1) is 0 Å². The second kappa shape index (κ2) is 11.5. The molecule has 0 aliphatic rings. The number of thioether (sulfide) groups is 1. The fraction of sp³-hybridized carbons (Fsp3) is 0.188. The highest BCUT2D eigenvalue weighted by molar-refractivity contribution is 8.03. The number of nitrogens with one attached hydrogen (secondary N) is 1. The number of hydrogen-bond donors (Lipinski definition) is 2. The lowest BCUT2D eigenvalue weighted by Gasteiger charge is -2.10. The van der Waals surface area contributed by atoms with Crippen LogP contribution in [0.4, 0.5) is 5.69 Å². The first-order valence-electron chi connectivity index (χ1n) is 6.38. The van der Waals surface area contributed by atoms with E-state index < -0.39 is 0 Å². The predicted molar refractivity (Wildman–Crippen MR) is 92.8 cm³/mol. The summed E-state index contributed by atoms with van der Waals surface area (Å²) in [4.78, 5) is 27.1. The van der Waals surface area contributed by atoms with Crippen molar-refractivity contribution in [1.29, 1.82) is 0 Å². The topological polar surface area (TPSA) is 78.8 Å². The third-order valence-electron chi connectivity index (χ3n) is 2.48. The van der Waals surface area contributed by atoms with Crippen LogP contribution in [0.2, 0.25) is 0 Å². The summed E-state index contributed by atoms with van der Waals surface area (Å²) in [6, 6.07) is 5.31. The van der Waals surface area contributed by atoms with Gasteiger partial charge in [-0.2, -0.15) is 0 Å². The normalized spacial score (nSPS) is 11.1. The third-order valence-corrected chi connectivity index (χ3v) is 3.62. The number of aliphatic imine (C=N–C) groups is 1. The summed E-state index contributed by atoms with van der Waals surface area (Å²) in [6.07, 6.45) is 5.10. The maximum Gasteiger partial charge on any atom is 0.169 e. The van der Waals surface area contributed by atoms with Crippen LogP contribution in [0.5, 0.6) is 0 Å². The molecule has 22 heavy (non-hydrogen) atoms. The molecule has 0 unspecified atom stereocenters. The molecule has 0 aromatic heterocycles. The van der Waals surface area contributed by atoms with Gasteiger partial charge < -0.3 is 10.4 Å². The minimum atomic E-state index is 0.287. The first-order chi connectivity index (χ1) is 10.7. The first kappa shape index (κ1) is 19.8. The Morgan fingerprint density at radius 1 is 1.36 bits per heavy atom. The number of aldehydes is 2. The molecule has 0 saturated carbocycles. The van der Waals surface area contributed by atoms with Crippen molar-refractivity contribution in [1.82, 2.24) is 0 Å². The molecule has 0 spiro atoms. The molecule has 0 amide bonds. The van der Waals surface area contributed by atoms with Gasteiger partial charge in [0.15, 0.2) is 6.29 Å². The molecule has 1 aromatic rings. The number of nitrogens with zero attached hydrogens (tertiary/aromatic N) is 1. The Morgan fingerprint density at radius 3 is 2.50 bits per heavy atom. The molecule has 0 aliphatic heterocycles. The molecule has 0 bridgehead atoms. The zero-order chi connectivity index (χ0) is 17.0. The Kier molecular flexibility index (Phi) is 10.3. The highest BCUT2D eigenvalue weighted by Gasteiger charge is 2.08. The Balaban J connectivity index is 0.00000211. The number of allylic oxidation sites excluding steroid dienone is 3. The van der Waals surface area contributed by atoms with Gasteiger partial charge in [-0.3, -0.25) is 14.6 Å². The van der Waals surface area contributed by atoms with E-state index >= 15 is 0 Å². The van der Waals surface area contributed by atoms with E-state index in [4.69, 9.17) is 5.11 Å². The second-order valence-electron chi connectivity index (χ2n) is 3.75. The van der Waals surface area contributed by atoms with Crippen molar-refractivity contribution in [2.24, 2.45) is 4.99 Å². The number of hydrogen-bond acceptors (Lipinski definition) is 6. The summed E-state index contributed by atoms with van der Waals surface area (Å²) < 4.78 is 0. The van der Waals surface area contributed by atoms with Gasteiger partial charge in [0.25, 0.3) is 0 Å². The summed E-state index contributed by atoms with van der Waals surface area (Å²) in [5.41, 5.74) is 1.69. The minimum Gasteiger partial charge on any atom is -0.400 e. The second-order valence-corrected chi connectivity index (χ2v) is 4.83. The van der Waals surface area contributed by atoms with Gasteiger partial charge in [0.2, 0.25) is 0 Å². The van der Waals surface area contributed by atoms with E-state index in [1.54, 1.807) is 25.3 Å². The van der Waals surface area contributed by atoms with Crippen molar-refractivity contribution in [2.45, 2.75) is 11.8 Å². The number of aliphatic hydroxyl groups is 1. The maximum atomic E-state index is 11.0. The summed E-state index contributed by atoms with van der Waals surface area (Å²) in [7, 11) is 2.78. The van der Waals surface area contributed by atoms with E-state index in [2.05, 4.69) is 17.0 Å². The molecule has 0 heterocycles. The van der Waals surface area contributed by atoms with Gasteiger partial charge >= 0.3 is 0 Å². The zero-order valence-corrected chi connectivity index (χ0v) is 13.7. The van der Waals surface area contributed by atoms with Crippen molar-refractivity contribution in [3.05, 3.63) is 46.5 Å². The van der Waals surface area contributed by atoms with Crippen molar-refractivity contribution < 1.29 is 14.7 Å². The molecule has 2 N–H and O–H groups in total. The summed E-state index contributed by atoms with van der Waals surface area (Å²) in [5.74, 6) is 0. The van der Waals surface area contributed by atoms with Crippen molar-refractivity contribution in [3.8, 4) is 0 Å². The van der Waals surface area contributed by atoms with Gasteiger partial charge in [-0.25, -0.2) is 0 Å². The smallest absolute Gasteiger partial charge is 0.169 e. The van der Waals surface area contributed by atoms with Crippen LogP contribution in [0.25, 0.3) is 0 Å². The quantitative estimate of drug-likeness (QED) is 0.265. The number of aliphatic hydroxyl groups excluding tert-OH is 1. The molecule has 118 valence electrons. The van der Waals surface area contributed by atoms with Crippen LogP contribution in [0.15, 0.2) is 50.8 Å². The van der Waals surface area contributed by atoms with E-state index in [0.717, 1.165) is 24.0 Å². The van der Waals surface area contributed by atoms with E-state index in [9.17, 15) is 9.59 Å². The highest BCUT2D eigenvalue weighted by atomic mass is 32.2. The lowest BCUT2D eigenvalue weighted by Crippen LogP contribution is -1.94. The number of benzene rings is 1. The van der Waals surface area contributed by atoms with Gasteiger partial charge in [0, 0.05) is 35.2 Å². The van der Waals surface area contributed by atoms with Gasteiger partial charge in [-0.05, 0) is 25.8 Å². The fourth-order valence-electron chi connectivity index (χ4n) is 1.52. The molecular weight excluding hydrogens is 300 g/mol. The predicted octanol–water partition coefficient (Wildman–Crippen LogP) is 2.93. The fourth-order valence-corrected chi connectivity index (χ4v) is 2.59. The van der Waals surface area contributed by atoms with E-state index in [-0.39, 0.29) is 5.70 Å². The molecule has 1 aromatic carbocycles. The average molecular weight is 320 g/mol. The molecular formula is C16H20N2O3S. The van der Waals surface area contributed by atoms with Crippen LogP contribution < -0.4 is 5.32 Å². The van der Waals surface area contributed by atoms with Crippen LogP contribution >= 0.6 is 11.8 Å². The van der Waals surface area contributed by atoms with Crippen LogP contribution in [-0.2, 0) is 4.79 Å². The molecule has 6 heteroatoms. The van der Waals surface area contributed by atoms with E-state index in [1.807, 2.05) is 19.1 Å². The van der Waals surface area contributed by atoms with E-state index in [1.165, 1.54) is 11.8 Å². The molecule has 0 fully saturated rings. The van der Waals surface area contributed by atoms with Crippen molar-refractivity contribution in [2.75, 3.05) is 19.5 Å². The van der Waals surface area contributed by atoms with Crippen molar-refractivity contribution in [3.63, 3.8) is 0 Å². The van der Waals surface area contributed by atoms with Crippen LogP contribution in [-0.4, -0.2) is 38.6 Å². The monoisotopic (exact) mass is 320 g/mol. The first-order valence-corrected chi connectivity index (χ1v) is 7.20. The number of anilines is 1. The molecule has 0 atom stereocenters. The van der Waals surface area contributed by atoms with Gasteiger partial charge in [-0.1, -0.05) is 30.0 Å². The Hall–Kier alpha value is -2.18. The zero-order valence-electron chi connectivity index (χ0n) is 12.9. The molecule has 0 radical (unpaired) electrons. The van der Waals surface area contributed by atoms with Crippen LogP contribution in [0.1, 0.15) is 17.3 Å². The van der Waals surface area contributed by atoms with Crippen LogP contribution in [0, 0.1) is 0 Å². The SMILES string of the molecule is C=N/C(C=O)=C(\C=C/C)Sc1ccc(C=O)cc1NC.CO. The van der Waals surface area contributed by atoms with E-state index in [0.29, 0.717) is 16.8 Å². The molecule has 0 aliphatic carbocycles. The van der Waals surface area contributed by atoms with Gasteiger partial charge in [-0.15, -0.1) is 0 Å². The summed E-state index contributed by atoms with van der Waals surface area (Å²) in [6.45, 7) is 5.26. The average Bonchev–Trinajstić information content (AvgIpc) is 2.58. The Labute approximate surface area is 134 Å². The standard InChI is InChI=1S/C15H16N2O2S.CH4O/c1-4-5-14(13(10-19)17-3)20-15-7-6-11(9-18)8-12(15)16-2;1-2/h4-10,16H,3H2,1-2H3;2H,1H3/b5-4-,14-13+;. The molecule has 5 nitrogen and oxygen atoms in total. The number of carbonyl (C=O) groups excluding carboxylic acids is 2. The Morgan fingerprint density at radius 2 is 2.05 bits per heavy atom. The number of rotatable bonds is 7. The number of carbonyl (C=O) groups is 2. The highest BCUT2D eigenvalue weighted by Crippen LogP contribution is 2.35. The summed E-state index contributed by atoms with van der Waals surface area (Å²) in [5, 5.41) is 10.0. The van der Waals surface area contributed by atoms with Crippen molar-refractivity contribution >= 4 is 36.7 Å². The van der Waals surface area contributed by atoms with Gasteiger partial charge in [0.1, 0.15) is 12.0 Å². The lowest BCUT2D eigenvalue weighted by molar-refractivity contribution is -0.104. The maximum absolute atomic E-state index is 11.0. The largest absolute Gasteiger partial charge is 0.400 e.